The zero-order valence-corrected chi connectivity index (χ0v) is 17.9. The number of imidazole rings is 1. The number of carbonyl (C=O) groups excluding carboxylic acids is 1. The van der Waals surface area contributed by atoms with Crippen LogP contribution < -0.4 is 10.2 Å². The van der Waals surface area contributed by atoms with Crippen LogP contribution in [0.3, 0.4) is 0 Å². The standard InChI is InChI=1S/C21H18BrN5OS/c22-14-9-18(29-12-14)20-25-16-5-4-15(10-17(16)26-20)24-21(28)13-3-6-19(23-11-13)27-7-1-2-8-27/h3-6,9-12H,1-2,7-8H2,(H,24,28)(H,25,26). The molecule has 8 heteroatoms. The fraction of sp³-hybridized carbons (Fsp3) is 0.190. The van der Waals surface area contributed by atoms with Crippen LogP contribution in [0, 0.1) is 0 Å². The van der Waals surface area contributed by atoms with Crippen molar-refractivity contribution in [2.24, 2.45) is 0 Å². The van der Waals surface area contributed by atoms with Crippen molar-refractivity contribution in [1.29, 1.82) is 0 Å². The number of hydrogen-bond acceptors (Lipinski definition) is 5. The molecule has 5 rings (SSSR count). The molecule has 2 N–H and O–H groups in total. The van der Waals surface area contributed by atoms with E-state index in [1.165, 1.54) is 12.8 Å². The molecule has 0 saturated carbocycles. The number of pyridine rings is 1. The van der Waals surface area contributed by atoms with Crippen LogP contribution in [0.15, 0.2) is 52.4 Å². The number of thiophene rings is 1. The number of nitrogens with zero attached hydrogens (tertiary/aromatic N) is 3. The van der Waals surface area contributed by atoms with Crippen LogP contribution >= 0.6 is 27.3 Å². The molecule has 0 unspecified atom stereocenters. The number of carbonyl (C=O) groups is 1. The van der Waals surface area contributed by atoms with E-state index in [0.29, 0.717) is 11.3 Å². The minimum atomic E-state index is -0.174. The third-order valence-corrected chi connectivity index (χ3v) is 6.68. The molecule has 3 aromatic heterocycles. The third kappa shape index (κ3) is 3.77. The van der Waals surface area contributed by atoms with Gasteiger partial charge in [-0.3, -0.25) is 4.79 Å². The van der Waals surface area contributed by atoms with Gasteiger partial charge < -0.3 is 15.2 Å². The zero-order valence-electron chi connectivity index (χ0n) is 15.5. The number of aromatic amines is 1. The maximum Gasteiger partial charge on any atom is 0.257 e. The largest absolute Gasteiger partial charge is 0.357 e. The van der Waals surface area contributed by atoms with Crippen LogP contribution in [-0.4, -0.2) is 33.9 Å². The van der Waals surface area contributed by atoms with Gasteiger partial charge in [-0.25, -0.2) is 9.97 Å². The highest BCUT2D eigenvalue weighted by atomic mass is 79.9. The van der Waals surface area contributed by atoms with Crippen LogP contribution in [0.25, 0.3) is 21.7 Å². The van der Waals surface area contributed by atoms with E-state index in [2.05, 4.69) is 41.1 Å². The Morgan fingerprint density at radius 1 is 1.17 bits per heavy atom. The van der Waals surface area contributed by atoms with Crippen molar-refractivity contribution >= 4 is 55.7 Å². The van der Waals surface area contributed by atoms with Gasteiger partial charge in [-0.05, 0) is 65.2 Å². The van der Waals surface area contributed by atoms with E-state index in [1.807, 2.05) is 41.8 Å². The molecule has 0 atom stereocenters. The van der Waals surface area contributed by atoms with Gasteiger partial charge in [0.05, 0.1) is 21.5 Å². The zero-order chi connectivity index (χ0) is 19.8. The molecule has 4 heterocycles. The van der Waals surface area contributed by atoms with Crippen molar-refractivity contribution in [1.82, 2.24) is 15.0 Å². The summed E-state index contributed by atoms with van der Waals surface area (Å²) in [7, 11) is 0. The van der Waals surface area contributed by atoms with Gasteiger partial charge in [0.15, 0.2) is 0 Å². The van der Waals surface area contributed by atoms with Crippen molar-refractivity contribution in [3.8, 4) is 10.7 Å². The lowest BCUT2D eigenvalue weighted by Crippen LogP contribution is -2.19. The summed E-state index contributed by atoms with van der Waals surface area (Å²) in [5.41, 5.74) is 3.00. The van der Waals surface area contributed by atoms with Gasteiger partial charge in [-0.1, -0.05) is 0 Å². The molecule has 0 bridgehead atoms. The molecule has 1 aliphatic heterocycles. The second-order valence-corrected chi connectivity index (χ2v) is 8.83. The second kappa shape index (κ2) is 7.61. The Labute approximate surface area is 180 Å². The minimum absolute atomic E-state index is 0.174. The number of anilines is 2. The Morgan fingerprint density at radius 3 is 2.76 bits per heavy atom. The van der Waals surface area contributed by atoms with Gasteiger partial charge in [-0.15, -0.1) is 11.3 Å². The number of nitrogens with one attached hydrogen (secondary N) is 2. The van der Waals surface area contributed by atoms with E-state index in [0.717, 1.165) is 45.1 Å². The normalized spacial score (nSPS) is 13.9. The van der Waals surface area contributed by atoms with Gasteiger partial charge in [0, 0.05) is 34.8 Å². The monoisotopic (exact) mass is 467 g/mol. The van der Waals surface area contributed by atoms with Crippen LogP contribution in [0.4, 0.5) is 11.5 Å². The third-order valence-electron chi connectivity index (χ3n) is 4.98. The smallest absolute Gasteiger partial charge is 0.257 e. The summed E-state index contributed by atoms with van der Waals surface area (Å²) in [5.74, 6) is 1.58. The number of aromatic nitrogens is 3. The van der Waals surface area contributed by atoms with E-state index in [-0.39, 0.29) is 5.91 Å². The lowest BCUT2D eigenvalue weighted by atomic mass is 10.2. The van der Waals surface area contributed by atoms with Gasteiger partial charge in [0.2, 0.25) is 0 Å². The highest BCUT2D eigenvalue weighted by Crippen LogP contribution is 2.30. The van der Waals surface area contributed by atoms with Crippen LogP contribution in [-0.2, 0) is 0 Å². The Hall–Kier alpha value is -2.71. The first-order chi connectivity index (χ1) is 14.2. The molecule has 29 heavy (non-hydrogen) atoms. The molecule has 0 radical (unpaired) electrons. The van der Waals surface area contributed by atoms with Crippen molar-refractivity contribution in [3.63, 3.8) is 0 Å². The molecule has 1 aromatic carbocycles. The molecule has 0 spiro atoms. The Balaban J connectivity index is 1.33. The summed E-state index contributed by atoms with van der Waals surface area (Å²) in [5, 5.41) is 4.97. The van der Waals surface area contributed by atoms with Gasteiger partial charge in [0.1, 0.15) is 11.6 Å². The summed E-state index contributed by atoms with van der Waals surface area (Å²) < 4.78 is 1.04. The summed E-state index contributed by atoms with van der Waals surface area (Å²) in [4.78, 5) is 28.3. The number of fused-ring (bicyclic) bond motifs is 1. The van der Waals surface area contributed by atoms with Crippen molar-refractivity contribution in [2.45, 2.75) is 12.8 Å². The fourth-order valence-corrected chi connectivity index (χ4v) is 4.87. The highest BCUT2D eigenvalue weighted by molar-refractivity contribution is 9.10. The topological polar surface area (TPSA) is 73.9 Å². The molecule has 1 aliphatic rings. The van der Waals surface area contributed by atoms with Crippen molar-refractivity contribution < 1.29 is 4.79 Å². The maximum absolute atomic E-state index is 12.6. The average molecular weight is 468 g/mol. The lowest BCUT2D eigenvalue weighted by Gasteiger charge is -2.16. The Bertz CT molecular complexity index is 1180. The summed E-state index contributed by atoms with van der Waals surface area (Å²) in [6.07, 6.45) is 4.04. The van der Waals surface area contributed by atoms with Crippen LogP contribution in [0.2, 0.25) is 0 Å². The molecular weight excluding hydrogens is 450 g/mol. The first-order valence-electron chi connectivity index (χ1n) is 9.42. The molecule has 1 amide bonds. The number of H-pyrrole nitrogens is 1. The first kappa shape index (κ1) is 18.3. The summed E-state index contributed by atoms with van der Waals surface area (Å²) >= 11 is 5.09. The average Bonchev–Trinajstić information content (AvgIpc) is 3.48. The quantitative estimate of drug-likeness (QED) is 0.426. The van der Waals surface area contributed by atoms with Gasteiger partial charge in [0.25, 0.3) is 5.91 Å². The first-order valence-corrected chi connectivity index (χ1v) is 11.1. The minimum Gasteiger partial charge on any atom is -0.357 e. The molecule has 6 nitrogen and oxygen atoms in total. The van der Waals surface area contributed by atoms with E-state index >= 15 is 0 Å². The van der Waals surface area contributed by atoms with Gasteiger partial charge in [-0.2, -0.15) is 0 Å². The van der Waals surface area contributed by atoms with E-state index in [4.69, 9.17) is 0 Å². The highest BCUT2D eigenvalue weighted by Gasteiger charge is 2.15. The van der Waals surface area contributed by atoms with E-state index in [1.54, 1.807) is 17.5 Å². The maximum atomic E-state index is 12.6. The Morgan fingerprint density at radius 2 is 2.03 bits per heavy atom. The fourth-order valence-electron chi connectivity index (χ4n) is 3.50. The van der Waals surface area contributed by atoms with Crippen molar-refractivity contribution in [3.05, 3.63) is 58.0 Å². The van der Waals surface area contributed by atoms with Crippen molar-refractivity contribution in [2.75, 3.05) is 23.3 Å². The predicted molar refractivity (Wildman–Crippen MR) is 121 cm³/mol. The summed E-state index contributed by atoms with van der Waals surface area (Å²) in [6.45, 7) is 2.07. The lowest BCUT2D eigenvalue weighted by molar-refractivity contribution is 0.102. The van der Waals surface area contributed by atoms with Crippen LogP contribution in [0.5, 0.6) is 0 Å². The predicted octanol–water partition coefficient (Wildman–Crippen LogP) is 5.30. The number of halogens is 1. The molecule has 1 fully saturated rings. The number of rotatable bonds is 4. The Kier molecular flexibility index (Phi) is 4.81. The SMILES string of the molecule is O=C(Nc1ccc2nc(-c3cc(Br)cs3)[nH]c2c1)c1ccc(N2CCCC2)nc1. The molecule has 1 saturated heterocycles. The van der Waals surface area contributed by atoms with Crippen LogP contribution in [0.1, 0.15) is 23.2 Å². The van der Waals surface area contributed by atoms with E-state index in [9.17, 15) is 4.79 Å². The van der Waals surface area contributed by atoms with Gasteiger partial charge >= 0.3 is 0 Å². The van der Waals surface area contributed by atoms with E-state index < -0.39 is 0 Å². The number of amides is 1. The molecule has 146 valence electrons. The summed E-state index contributed by atoms with van der Waals surface area (Å²) in [6, 6.07) is 11.5. The molecule has 4 aromatic rings. The molecule has 0 aliphatic carbocycles. The number of benzene rings is 1. The number of hydrogen-bond donors (Lipinski definition) is 2. The molecular formula is C21H18BrN5OS. The second-order valence-electron chi connectivity index (χ2n) is 7.00.